The normalized spacial score (nSPS) is 11.8. The van der Waals surface area contributed by atoms with Crippen molar-refractivity contribution in [3.05, 3.63) is 126 Å². The van der Waals surface area contributed by atoms with Gasteiger partial charge in [0, 0.05) is 42.1 Å². The summed E-state index contributed by atoms with van der Waals surface area (Å²) in [6.07, 6.45) is 1.19. The van der Waals surface area contributed by atoms with Crippen LogP contribution in [0, 0.1) is 0 Å². The minimum Gasteiger partial charge on any atom is -0.294 e. The molecule has 7 nitrogen and oxygen atoms in total. The highest BCUT2D eigenvalue weighted by molar-refractivity contribution is 7.99. The van der Waals surface area contributed by atoms with E-state index in [1.165, 1.54) is 23.3 Å². The Morgan fingerprint density at radius 2 is 1.20 bits per heavy atom. The first-order valence-electron chi connectivity index (χ1n) is 12.5. The fourth-order valence-electron chi connectivity index (χ4n) is 3.99. The smallest absolute Gasteiger partial charge is 0.264 e. The van der Waals surface area contributed by atoms with Crippen molar-refractivity contribution in [2.75, 3.05) is 18.6 Å². The van der Waals surface area contributed by atoms with Gasteiger partial charge in [-0.2, -0.15) is 0 Å². The van der Waals surface area contributed by atoms with E-state index in [0.29, 0.717) is 13.1 Å². The van der Waals surface area contributed by atoms with Gasteiger partial charge in [-0.15, -0.1) is 11.8 Å². The third-order valence-corrected chi connectivity index (χ3v) is 9.55. The first kappa shape index (κ1) is 29.5. The Labute approximate surface area is 240 Å². The van der Waals surface area contributed by atoms with Crippen molar-refractivity contribution in [3.8, 4) is 0 Å². The number of thioether (sulfide) groups is 1. The summed E-state index contributed by atoms with van der Waals surface area (Å²) in [5.74, 6) is 0.150. The molecule has 0 unspecified atom stereocenters. The first-order valence-corrected chi connectivity index (χ1v) is 16.9. The summed E-state index contributed by atoms with van der Waals surface area (Å²) < 4.78 is 51.3. The molecular formula is C30H30N2O5S3. The van der Waals surface area contributed by atoms with Gasteiger partial charge in [0.25, 0.3) is 15.9 Å². The molecule has 0 bridgehead atoms. The van der Waals surface area contributed by atoms with E-state index >= 15 is 0 Å². The lowest BCUT2D eigenvalue weighted by Crippen LogP contribution is -2.30. The van der Waals surface area contributed by atoms with Gasteiger partial charge in [-0.3, -0.25) is 9.69 Å². The molecule has 1 N–H and O–H groups in total. The second kappa shape index (κ2) is 13.3. The third kappa shape index (κ3) is 8.53. The molecule has 0 radical (unpaired) electrons. The van der Waals surface area contributed by atoms with Crippen molar-refractivity contribution in [2.24, 2.45) is 0 Å². The molecule has 1 amide bonds. The molecule has 0 aliphatic heterocycles. The lowest BCUT2D eigenvalue weighted by Gasteiger charge is -2.23. The molecule has 40 heavy (non-hydrogen) atoms. The standard InChI is InChI=1S/C30H30N2O5S3/c1-39(34,35)28-16-12-24(13-17-28)22-32(20-21-38-27-10-6-3-7-11-27)23-25-14-18-29(19-15-25)40(36,37)31-30(33)26-8-4-2-5-9-26/h2-19H,20-23H2,1H3,(H,31,33). The summed E-state index contributed by atoms with van der Waals surface area (Å²) in [7, 11) is -7.30. The molecule has 4 rings (SSSR count). The van der Waals surface area contributed by atoms with Crippen molar-refractivity contribution in [1.29, 1.82) is 0 Å². The van der Waals surface area contributed by atoms with Crippen LogP contribution in [0.2, 0.25) is 0 Å². The third-order valence-electron chi connectivity index (χ3n) is 6.08. The highest BCUT2D eigenvalue weighted by Crippen LogP contribution is 2.20. The van der Waals surface area contributed by atoms with E-state index < -0.39 is 25.8 Å². The fourth-order valence-corrected chi connectivity index (χ4v) is 6.52. The van der Waals surface area contributed by atoms with Gasteiger partial charge in [-0.05, 0) is 59.7 Å². The van der Waals surface area contributed by atoms with Crippen LogP contribution >= 0.6 is 11.8 Å². The summed E-state index contributed by atoms with van der Waals surface area (Å²) in [6.45, 7) is 1.90. The Hall–Kier alpha value is -3.44. The average Bonchev–Trinajstić information content (AvgIpc) is 2.94. The number of sulfone groups is 1. The Morgan fingerprint density at radius 1 is 0.700 bits per heavy atom. The van der Waals surface area contributed by atoms with Crippen molar-refractivity contribution < 1.29 is 21.6 Å². The molecule has 208 valence electrons. The van der Waals surface area contributed by atoms with E-state index in [1.54, 1.807) is 66.4 Å². The van der Waals surface area contributed by atoms with Crippen LogP contribution in [0.3, 0.4) is 0 Å². The van der Waals surface area contributed by atoms with Crippen LogP contribution in [0.25, 0.3) is 0 Å². The van der Waals surface area contributed by atoms with Gasteiger partial charge in [0.15, 0.2) is 9.84 Å². The van der Waals surface area contributed by atoms with Gasteiger partial charge in [-0.25, -0.2) is 21.6 Å². The van der Waals surface area contributed by atoms with Crippen LogP contribution in [0.1, 0.15) is 21.5 Å². The van der Waals surface area contributed by atoms with Crippen molar-refractivity contribution >= 4 is 37.5 Å². The Balaban J connectivity index is 1.45. The number of carbonyl (C=O) groups excluding carboxylic acids is 1. The average molecular weight is 595 g/mol. The molecule has 0 aliphatic rings. The number of hydrogen-bond acceptors (Lipinski definition) is 7. The largest absolute Gasteiger partial charge is 0.294 e. The quantitative estimate of drug-likeness (QED) is 0.230. The van der Waals surface area contributed by atoms with E-state index in [1.807, 2.05) is 30.3 Å². The summed E-state index contributed by atoms with van der Waals surface area (Å²) in [5.41, 5.74) is 2.14. The SMILES string of the molecule is CS(=O)(=O)c1ccc(CN(CCSc2ccccc2)Cc2ccc(S(=O)(=O)NC(=O)c3ccccc3)cc2)cc1. The molecule has 0 saturated heterocycles. The van der Waals surface area contributed by atoms with Gasteiger partial charge in [0.1, 0.15) is 0 Å². The van der Waals surface area contributed by atoms with Gasteiger partial charge >= 0.3 is 0 Å². The van der Waals surface area contributed by atoms with Crippen LogP contribution in [0.15, 0.2) is 124 Å². The van der Waals surface area contributed by atoms with E-state index in [2.05, 4.69) is 21.8 Å². The maximum atomic E-state index is 12.8. The van der Waals surface area contributed by atoms with Gasteiger partial charge in [-0.1, -0.05) is 60.7 Å². The lowest BCUT2D eigenvalue weighted by molar-refractivity contribution is 0.0981. The molecule has 0 atom stereocenters. The monoisotopic (exact) mass is 594 g/mol. The van der Waals surface area contributed by atoms with Crippen LogP contribution in [-0.4, -0.2) is 46.2 Å². The van der Waals surface area contributed by atoms with Crippen LogP contribution in [0.5, 0.6) is 0 Å². The van der Waals surface area contributed by atoms with Crippen molar-refractivity contribution in [3.63, 3.8) is 0 Å². The van der Waals surface area contributed by atoms with Crippen molar-refractivity contribution in [2.45, 2.75) is 27.8 Å². The summed E-state index contributed by atoms with van der Waals surface area (Å²) >= 11 is 1.74. The number of rotatable bonds is 12. The second-order valence-electron chi connectivity index (χ2n) is 9.23. The Morgan fingerprint density at radius 3 is 1.73 bits per heavy atom. The molecule has 4 aromatic rings. The fraction of sp³-hybridized carbons (Fsp3) is 0.167. The maximum Gasteiger partial charge on any atom is 0.264 e. The Kier molecular flexibility index (Phi) is 9.80. The summed E-state index contributed by atoms with van der Waals surface area (Å²) in [4.78, 5) is 16.0. The number of sulfonamides is 1. The number of nitrogens with one attached hydrogen (secondary N) is 1. The molecule has 0 heterocycles. The lowest BCUT2D eigenvalue weighted by atomic mass is 10.1. The predicted molar refractivity (Wildman–Crippen MR) is 158 cm³/mol. The van der Waals surface area contributed by atoms with Crippen molar-refractivity contribution in [1.82, 2.24) is 9.62 Å². The molecule has 0 aliphatic carbocycles. The first-order chi connectivity index (χ1) is 19.1. The van der Waals surface area contributed by atoms with Crippen LogP contribution < -0.4 is 4.72 Å². The van der Waals surface area contributed by atoms with E-state index in [4.69, 9.17) is 0 Å². The van der Waals surface area contributed by atoms with Gasteiger partial charge in [0.05, 0.1) is 9.79 Å². The number of carbonyl (C=O) groups is 1. The van der Waals surface area contributed by atoms with E-state index in [9.17, 15) is 21.6 Å². The molecule has 0 spiro atoms. The highest BCUT2D eigenvalue weighted by atomic mass is 32.2. The highest BCUT2D eigenvalue weighted by Gasteiger charge is 2.19. The zero-order chi connectivity index (χ0) is 28.6. The number of nitrogens with zero attached hydrogens (tertiary/aromatic N) is 1. The minimum absolute atomic E-state index is 0.00285. The Bertz CT molecular complexity index is 1630. The predicted octanol–water partition coefficient (Wildman–Crippen LogP) is 5.00. The molecular weight excluding hydrogens is 565 g/mol. The molecule has 10 heteroatoms. The zero-order valence-corrected chi connectivity index (χ0v) is 24.4. The molecule has 0 aromatic heterocycles. The number of benzene rings is 4. The van der Waals surface area contributed by atoms with E-state index in [0.717, 1.165) is 23.4 Å². The number of hydrogen-bond donors (Lipinski definition) is 1. The maximum absolute atomic E-state index is 12.8. The molecule has 4 aromatic carbocycles. The second-order valence-corrected chi connectivity index (χ2v) is 14.1. The zero-order valence-electron chi connectivity index (χ0n) is 21.9. The topological polar surface area (TPSA) is 101 Å². The molecule has 0 fully saturated rings. The summed E-state index contributed by atoms with van der Waals surface area (Å²) in [6, 6.07) is 31.6. The van der Waals surface area contributed by atoms with Gasteiger partial charge < -0.3 is 0 Å². The molecule has 0 saturated carbocycles. The van der Waals surface area contributed by atoms with Crippen LogP contribution in [0.4, 0.5) is 0 Å². The summed E-state index contributed by atoms with van der Waals surface area (Å²) in [5, 5.41) is 0. The number of amides is 1. The van der Waals surface area contributed by atoms with Gasteiger partial charge in [0.2, 0.25) is 0 Å². The van der Waals surface area contributed by atoms with Crippen LogP contribution in [-0.2, 0) is 33.0 Å². The van der Waals surface area contributed by atoms with E-state index in [-0.39, 0.29) is 15.4 Å². The minimum atomic E-state index is -4.03.